The summed E-state index contributed by atoms with van der Waals surface area (Å²) in [7, 11) is -3.89. The highest BCUT2D eigenvalue weighted by atomic mass is 32.2. The van der Waals surface area contributed by atoms with Crippen LogP contribution in [0.5, 0.6) is 0 Å². The first-order chi connectivity index (χ1) is 10.1. The minimum atomic E-state index is -3.89. The van der Waals surface area contributed by atoms with Gasteiger partial charge in [-0.3, -0.25) is 9.59 Å². The van der Waals surface area contributed by atoms with Gasteiger partial charge in [-0.25, -0.2) is 8.42 Å². The topological polar surface area (TPSA) is 113 Å². The van der Waals surface area contributed by atoms with Gasteiger partial charge in [0.25, 0.3) is 10.0 Å². The molecule has 1 aromatic heterocycles. The molecule has 0 radical (unpaired) electrons. The van der Waals surface area contributed by atoms with Gasteiger partial charge >= 0.3 is 5.97 Å². The summed E-state index contributed by atoms with van der Waals surface area (Å²) in [5.74, 6) is -1.37. The number of rotatable bonds is 8. The summed E-state index contributed by atoms with van der Waals surface area (Å²) >= 11 is 0.996. The number of nitrogens with one attached hydrogen (secondary N) is 2. The third-order valence-electron chi connectivity index (χ3n) is 2.72. The molecule has 0 fully saturated rings. The van der Waals surface area contributed by atoms with Gasteiger partial charge in [-0.1, -0.05) is 13.8 Å². The van der Waals surface area contributed by atoms with Crippen molar-refractivity contribution >= 4 is 33.2 Å². The highest BCUT2D eigenvalue weighted by Gasteiger charge is 2.27. The Morgan fingerprint density at radius 1 is 1.32 bits per heavy atom. The Hall–Kier alpha value is -1.45. The van der Waals surface area contributed by atoms with Gasteiger partial charge < -0.3 is 10.4 Å². The highest BCUT2D eigenvalue weighted by molar-refractivity contribution is 7.91. The molecule has 22 heavy (non-hydrogen) atoms. The first-order valence-corrected chi connectivity index (χ1v) is 9.00. The standard InChI is InChI=1S/C13H20N2O5S2/c1-8(2)6-11(13(17)18)15-22(19,20)12-5-4-10(21-12)7-14-9(3)16/h4-5,8,11,15H,6-7H2,1-3H3,(H,14,16)(H,17,18)/t11-/m0/s1. The second kappa shape index (κ2) is 7.70. The van der Waals surface area contributed by atoms with Crippen LogP contribution in [0.3, 0.4) is 0 Å². The van der Waals surface area contributed by atoms with E-state index in [1.54, 1.807) is 6.07 Å². The molecule has 1 atom stereocenters. The fourth-order valence-corrected chi connectivity index (χ4v) is 4.24. The second-order valence-corrected chi connectivity index (χ2v) is 8.38. The first-order valence-electron chi connectivity index (χ1n) is 6.70. The molecule has 0 saturated heterocycles. The Bertz CT molecular complexity index is 637. The van der Waals surface area contributed by atoms with E-state index in [0.717, 1.165) is 11.3 Å². The Morgan fingerprint density at radius 2 is 1.95 bits per heavy atom. The van der Waals surface area contributed by atoms with Crippen LogP contribution in [-0.2, 0) is 26.2 Å². The smallest absolute Gasteiger partial charge is 0.321 e. The van der Waals surface area contributed by atoms with Crippen LogP contribution in [-0.4, -0.2) is 31.4 Å². The van der Waals surface area contributed by atoms with Crippen molar-refractivity contribution < 1.29 is 23.1 Å². The van der Waals surface area contributed by atoms with Crippen molar-refractivity contribution in [3.8, 4) is 0 Å². The molecule has 0 aliphatic rings. The van der Waals surface area contributed by atoms with Crippen LogP contribution in [0.1, 0.15) is 32.1 Å². The third kappa shape index (κ3) is 5.74. The summed E-state index contributed by atoms with van der Waals surface area (Å²) in [6, 6.07) is 1.83. The molecule has 1 rings (SSSR count). The van der Waals surface area contributed by atoms with Gasteiger partial charge in [0.2, 0.25) is 5.91 Å². The Balaban J connectivity index is 2.84. The molecule has 1 heterocycles. The lowest BCUT2D eigenvalue weighted by Crippen LogP contribution is -2.41. The van der Waals surface area contributed by atoms with Gasteiger partial charge in [0.15, 0.2) is 0 Å². The van der Waals surface area contributed by atoms with Crippen molar-refractivity contribution in [1.82, 2.24) is 10.0 Å². The lowest BCUT2D eigenvalue weighted by Gasteiger charge is -2.15. The zero-order chi connectivity index (χ0) is 16.9. The van der Waals surface area contributed by atoms with E-state index in [4.69, 9.17) is 5.11 Å². The van der Waals surface area contributed by atoms with Gasteiger partial charge in [-0.05, 0) is 24.5 Å². The molecule has 0 aromatic carbocycles. The van der Waals surface area contributed by atoms with E-state index >= 15 is 0 Å². The molecule has 0 aliphatic heterocycles. The molecule has 0 spiro atoms. The fourth-order valence-electron chi connectivity index (χ4n) is 1.73. The number of carbonyl (C=O) groups is 2. The molecule has 0 saturated carbocycles. The van der Waals surface area contributed by atoms with Crippen molar-refractivity contribution in [1.29, 1.82) is 0 Å². The molecule has 9 heteroatoms. The van der Waals surface area contributed by atoms with E-state index < -0.39 is 22.0 Å². The van der Waals surface area contributed by atoms with E-state index in [0.29, 0.717) is 4.88 Å². The lowest BCUT2D eigenvalue weighted by molar-refractivity contribution is -0.139. The number of carbonyl (C=O) groups excluding carboxylic acids is 1. The highest BCUT2D eigenvalue weighted by Crippen LogP contribution is 2.22. The molecule has 1 aromatic rings. The number of carboxylic acid groups (broad SMARTS) is 1. The van der Waals surface area contributed by atoms with Crippen LogP contribution in [0.4, 0.5) is 0 Å². The number of carboxylic acids is 1. The maximum absolute atomic E-state index is 12.2. The molecule has 7 nitrogen and oxygen atoms in total. The first kappa shape index (κ1) is 18.6. The summed E-state index contributed by atoms with van der Waals surface area (Å²) in [5.41, 5.74) is 0. The number of hydrogen-bond acceptors (Lipinski definition) is 5. The molecule has 1 amide bonds. The van der Waals surface area contributed by atoms with Crippen LogP contribution in [0, 0.1) is 5.92 Å². The predicted molar refractivity (Wildman–Crippen MR) is 83.0 cm³/mol. The number of sulfonamides is 1. The normalized spacial score (nSPS) is 13.1. The Kier molecular flexibility index (Phi) is 6.51. The molecule has 0 bridgehead atoms. The fraction of sp³-hybridized carbons (Fsp3) is 0.538. The van der Waals surface area contributed by atoms with Gasteiger partial charge in [-0.15, -0.1) is 11.3 Å². The molecule has 0 aliphatic carbocycles. The minimum absolute atomic E-state index is 0.0304. The zero-order valence-corrected chi connectivity index (χ0v) is 14.3. The van der Waals surface area contributed by atoms with Crippen LogP contribution in [0.25, 0.3) is 0 Å². The molecule has 124 valence electrons. The molecule has 3 N–H and O–H groups in total. The lowest BCUT2D eigenvalue weighted by atomic mass is 10.1. The van der Waals surface area contributed by atoms with E-state index in [1.165, 1.54) is 13.0 Å². The van der Waals surface area contributed by atoms with Crippen molar-refractivity contribution in [2.45, 2.75) is 44.0 Å². The maximum Gasteiger partial charge on any atom is 0.321 e. The van der Waals surface area contributed by atoms with Gasteiger partial charge in [-0.2, -0.15) is 4.72 Å². The van der Waals surface area contributed by atoms with E-state index in [-0.39, 0.29) is 29.0 Å². The average Bonchev–Trinajstić information content (AvgIpc) is 2.84. The summed E-state index contributed by atoms with van der Waals surface area (Å²) in [6.45, 7) is 5.25. The van der Waals surface area contributed by atoms with Crippen LogP contribution < -0.4 is 10.0 Å². The van der Waals surface area contributed by atoms with Gasteiger partial charge in [0, 0.05) is 11.8 Å². The van der Waals surface area contributed by atoms with Crippen LogP contribution in [0.15, 0.2) is 16.3 Å². The Labute approximate surface area is 133 Å². The van der Waals surface area contributed by atoms with Crippen molar-refractivity contribution in [3.05, 3.63) is 17.0 Å². The van der Waals surface area contributed by atoms with Gasteiger partial charge in [0.1, 0.15) is 10.3 Å². The monoisotopic (exact) mass is 348 g/mol. The molecule has 0 unspecified atom stereocenters. The van der Waals surface area contributed by atoms with E-state index in [1.807, 2.05) is 13.8 Å². The predicted octanol–water partition coefficient (Wildman–Crippen LogP) is 1.16. The molecular weight excluding hydrogens is 328 g/mol. The average molecular weight is 348 g/mol. The van der Waals surface area contributed by atoms with Crippen LogP contribution in [0.2, 0.25) is 0 Å². The molecular formula is C13H20N2O5S2. The SMILES string of the molecule is CC(=O)NCc1ccc(S(=O)(=O)N[C@@H](CC(C)C)C(=O)O)s1. The summed E-state index contributed by atoms with van der Waals surface area (Å²) in [6.07, 6.45) is 0.207. The third-order valence-corrected chi connectivity index (χ3v) is 5.76. The van der Waals surface area contributed by atoms with Crippen molar-refractivity contribution in [3.63, 3.8) is 0 Å². The Morgan fingerprint density at radius 3 is 2.45 bits per heavy atom. The largest absolute Gasteiger partial charge is 0.480 e. The minimum Gasteiger partial charge on any atom is -0.480 e. The van der Waals surface area contributed by atoms with E-state index in [9.17, 15) is 18.0 Å². The van der Waals surface area contributed by atoms with E-state index in [2.05, 4.69) is 10.0 Å². The van der Waals surface area contributed by atoms with Gasteiger partial charge in [0.05, 0.1) is 6.54 Å². The van der Waals surface area contributed by atoms with Crippen molar-refractivity contribution in [2.75, 3.05) is 0 Å². The summed E-state index contributed by atoms with van der Waals surface area (Å²) in [5, 5.41) is 11.7. The number of thiophene rings is 1. The number of hydrogen-bond donors (Lipinski definition) is 3. The van der Waals surface area contributed by atoms with Crippen LogP contribution >= 0.6 is 11.3 Å². The quantitative estimate of drug-likeness (QED) is 0.652. The summed E-state index contributed by atoms with van der Waals surface area (Å²) in [4.78, 5) is 22.7. The number of amides is 1. The zero-order valence-electron chi connectivity index (χ0n) is 12.6. The maximum atomic E-state index is 12.2. The second-order valence-electron chi connectivity index (χ2n) is 5.27. The summed E-state index contributed by atoms with van der Waals surface area (Å²) < 4.78 is 26.7. The van der Waals surface area contributed by atoms with Crippen molar-refractivity contribution in [2.24, 2.45) is 5.92 Å². The number of aliphatic carboxylic acids is 1.